The summed E-state index contributed by atoms with van der Waals surface area (Å²) in [5, 5.41) is 14.7. The largest absolute Gasteiger partial charge is 0.391 e. The highest BCUT2D eigenvalue weighted by Crippen LogP contribution is 2.22. The summed E-state index contributed by atoms with van der Waals surface area (Å²) >= 11 is 0. The van der Waals surface area contributed by atoms with E-state index in [1.807, 2.05) is 11.6 Å². The second kappa shape index (κ2) is 5.98. The number of aliphatic hydroxyl groups excluding tert-OH is 1. The second-order valence-electron chi connectivity index (χ2n) is 5.47. The average Bonchev–Trinajstić information content (AvgIpc) is 2.87. The van der Waals surface area contributed by atoms with Gasteiger partial charge in [-0.3, -0.25) is 9.58 Å². The topological polar surface area (TPSA) is 63.4 Å². The summed E-state index contributed by atoms with van der Waals surface area (Å²) in [5.41, 5.74) is -0.283. The maximum atomic E-state index is 10.6. The fourth-order valence-electron chi connectivity index (χ4n) is 2.48. The molecule has 2 rings (SSSR count). The third-order valence-electron chi connectivity index (χ3n) is 4.01. The summed E-state index contributed by atoms with van der Waals surface area (Å²) in [6, 6.07) is 0. The summed E-state index contributed by atoms with van der Waals surface area (Å²) in [7, 11) is 0. The van der Waals surface area contributed by atoms with E-state index in [0.717, 1.165) is 38.7 Å². The van der Waals surface area contributed by atoms with E-state index in [1.54, 1.807) is 6.33 Å². The first-order chi connectivity index (χ1) is 9.05. The first-order valence-electron chi connectivity index (χ1n) is 6.93. The van der Waals surface area contributed by atoms with E-state index < -0.39 is 6.10 Å². The van der Waals surface area contributed by atoms with E-state index in [2.05, 4.69) is 28.8 Å². The molecule has 1 aliphatic rings. The van der Waals surface area contributed by atoms with Crippen molar-refractivity contribution in [2.75, 3.05) is 26.3 Å². The quantitative estimate of drug-likeness (QED) is 0.833. The first-order valence-corrected chi connectivity index (χ1v) is 6.93. The van der Waals surface area contributed by atoms with Gasteiger partial charge in [-0.05, 0) is 20.8 Å². The molecule has 6 heteroatoms. The average molecular weight is 268 g/mol. The minimum Gasteiger partial charge on any atom is -0.391 e. The molecule has 19 heavy (non-hydrogen) atoms. The standard InChI is InChI=1S/C13H24N4O2/c1-4-17-12(14-10-15-17)9-11(18)13(2,3)16-5-7-19-8-6-16/h10-11,18H,4-9H2,1-3H3. The maximum Gasteiger partial charge on any atom is 0.138 e. The van der Waals surface area contributed by atoms with Crippen molar-refractivity contribution in [3.05, 3.63) is 12.2 Å². The van der Waals surface area contributed by atoms with Gasteiger partial charge in [0.05, 0.1) is 19.3 Å². The molecule has 0 bridgehead atoms. The first kappa shape index (κ1) is 14.4. The lowest BCUT2D eigenvalue weighted by molar-refractivity contribution is -0.0619. The minimum atomic E-state index is -0.472. The van der Waals surface area contributed by atoms with Crippen LogP contribution in [0.2, 0.25) is 0 Å². The molecule has 1 aliphatic heterocycles. The number of aliphatic hydroxyl groups is 1. The number of aryl methyl sites for hydroxylation is 1. The van der Waals surface area contributed by atoms with Crippen LogP contribution >= 0.6 is 0 Å². The van der Waals surface area contributed by atoms with E-state index in [-0.39, 0.29) is 5.54 Å². The van der Waals surface area contributed by atoms with Crippen LogP contribution in [0.1, 0.15) is 26.6 Å². The van der Waals surface area contributed by atoms with Crippen molar-refractivity contribution in [3.63, 3.8) is 0 Å². The van der Waals surface area contributed by atoms with Gasteiger partial charge in [-0.15, -0.1) is 0 Å². The Morgan fingerprint density at radius 1 is 1.42 bits per heavy atom. The van der Waals surface area contributed by atoms with Gasteiger partial charge in [0.15, 0.2) is 0 Å². The number of hydrogen-bond acceptors (Lipinski definition) is 5. The van der Waals surface area contributed by atoms with Crippen molar-refractivity contribution >= 4 is 0 Å². The van der Waals surface area contributed by atoms with E-state index in [4.69, 9.17) is 4.74 Å². The molecule has 1 fully saturated rings. The maximum absolute atomic E-state index is 10.6. The zero-order valence-electron chi connectivity index (χ0n) is 12.0. The van der Waals surface area contributed by atoms with E-state index in [9.17, 15) is 5.11 Å². The van der Waals surface area contributed by atoms with Crippen molar-refractivity contribution < 1.29 is 9.84 Å². The summed E-state index contributed by atoms with van der Waals surface area (Å²) in [5.74, 6) is 0.844. The van der Waals surface area contributed by atoms with E-state index in [0.29, 0.717) is 6.42 Å². The molecule has 0 amide bonds. The monoisotopic (exact) mass is 268 g/mol. The summed E-state index contributed by atoms with van der Waals surface area (Å²) in [6.45, 7) is 10.2. The number of aromatic nitrogens is 3. The summed E-state index contributed by atoms with van der Waals surface area (Å²) in [6.07, 6.45) is 1.60. The van der Waals surface area contributed by atoms with E-state index in [1.165, 1.54) is 0 Å². The van der Waals surface area contributed by atoms with E-state index >= 15 is 0 Å². The van der Waals surface area contributed by atoms with Gasteiger partial charge < -0.3 is 9.84 Å². The van der Waals surface area contributed by atoms with Crippen molar-refractivity contribution in [2.45, 2.75) is 45.4 Å². The number of morpholine rings is 1. The molecule has 1 N–H and O–H groups in total. The molecule has 108 valence electrons. The molecule has 0 aliphatic carbocycles. The van der Waals surface area contributed by atoms with Crippen LogP contribution in [-0.4, -0.2) is 62.7 Å². The van der Waals surface area contributed by atoms with Gasteiger partial charge in [0.1, 0.15) is 12.2 Å². The number of rotatable bonds is 5. The Labute approximate surface area is 114 Å². The van der Waals surface area contributed by atoms with Crippen molar-refractivity contribution in [3.8, 4) is 0 Å². The zero-order valence-corrected chi connectivity index (χ0v) is 12.0. The molecule has 0 radical (unpaired) electrons. The van der Waals surface area contributed by atoms with Gasteiger partial charge in [-0.2, -0.15) is 5.10 Å². The van der Waals surface area contributed by atoms with Gasteiger partial charge >= 0.3 is 0 Å². The van der Waals surface area contributed by atoms with Crippen LogP contribution in [0.4, 0.5) is 0 Å². The number of nitrogens with zero attached hydrogens (tertiary/aromatic N) is 4. The molecule has 1 aromatic heterocycles. The molecule has 0 saturated carbocycles. The van der Waals surface area contributed by atoms with Crippen LogP contribution < -0.4 is 0 Å². The predicted octanol–water partition coefficient (Wildman–Crippen LogP) is 0.312. The van der Waals surface area contributed by atoms with Crippen LogP contribution in [0, 0.1) is 0 Å². The minimum absolute atomic E-state index is 0.283. The number of ether oxygens (including phenoxy) is 1. The fourth-order valence-corrected chi connectivity index (χ4v) is 2.48. The molecule has 1 atom stereocenters. The lowest BCUT2D eigenvalue weighted by atomic mass is 9.92. The summed E-state index contributed by atoms with van der Waals surface area (Å²) < 4.78 is 7.20. The van der Waals surface area contributed by atoms with Crippen molar-refractivity contribution in [1.29, 1.82) is 0 Å². The van der Waals surface area contributed by atoms with Crippen LogP contribution in [0.25, 0.3) is 0 Å². The predicted molar refractivity (Wildman–Crippen MR) is 71.9 cm³/mol. The number of hydrogen-bond donors (Lipinski definition) is 1. The molecule has 6 nitrogen and oxygen atoms in total. The molecule has 0 aromatic carbocycles. The fraction of sp³-hybridized carbons (Fsp3) is 0.846. The third kappa shape index (κ3) is 3.13. The van der Waals surface area contributed by atoms with Gasteiger partial charge in [-0.1, -0.05) is 0 Å². The Kier molecular flexibility index (Phi) is 4.54. The smallest absolute Gasteiger partial charge is 0.138 e. The Bertz CT molecular complexity index is 399. The molecule has 2 heterocycles. The highest BCUT2D eigenvalue weighted by molar-refractivity contribution is 4.97. The molecular weight excluding hydrogens is 244 g/mol. The lowest BCUT2D eigenvalue weighted by Gasteiger charge is -2.43. The highest BCUT2D eigenvalue weighted by Gasteiger charge is 2.35. The van der Waals surface area contributed by atoms with Crippen molar-refractivity contribution in [2.24, 2.45) is 0 Å². The van der Waals surface area contributed by atoms with Crippen LogP contribution in [0.15, 0.2) is 6.33 Å². The molecule has 1 saturated heterocycles. The Hall–Kier alpha value is -0.980. The molecule has 0 spiro atoms. The van der Waals surface area contributed by atoms with Gasteiger partial charge in [-0.25, -0.2) is 4.98 Å². The van der Waals surface area contributed by atoms with Gasteiger partial charge in [0.2, 0.25) is 0 Å². The lowest BCUT2D eigenvalue weighted by Crippen LogP contribution is -2.56. The Morgan fingerprint density at radius 3 is 2.74 bits per heavy atom. The summed E-state index contributed by atoms with van der Waals surface area (Å²) in [4.78, 5) is 6.52. The molecular formula is C13H24N4O2. The molecule has 1 aromatic rings. The van der Waals surface area contributed by atoms with Crippen LogP contribution in [-0.2, 0) is 17.7 Å². The van der Waals surface area contributed by atoms with Gasteiger partial charge in [0.25, 0.3) is 0 Å². The second-order valence-corrected chi connectivity index (χ2v) is 5.47. The van der Waals surface area contributed by atoms with Crippen molar-refractivity contribution in [1.82, 2.24) is 19.7 Å². The Balaban J connectivity index is 2.03. The van der Waals surface area contributed by atoms with Crippen LogP contribution in [0.3, 0.4) is 0 Å². The third-order valence-corrected chi connectivity index (χ3v) is 4.01. The van der Waals surface area contributed by atoms with Gasteiger partial charge in [0, 0.05) is 31.6 Å². The molecule has 1 unspecified atom stereocenters. The highest BCUT2D eigenvalue weighted by atomic mass is 16.5. The zero-order chi connectivity index (χ0) is 13.9. The van der Waals surface area contributed by atoms with Crippen LogP contribution in [0.5, 0.6) is 0 Å². The Morgan fingerprint density at radius 2 is 2.11 bits per heavy atom. The SMILES string of the molecule is CCn1ncnc1CC(O)C(C)(C)N1CCOCC1. The normalized spacial score (nSPS) is 19.6.